The molecule has 0 aliphatic rings. The van der Waals surface area contributed by atoms with E-state index in [4.69, 9.17) is 16.3 Å². The molecule has 2 nitrogen and oxygen atoms in total. The van der Waals surface area contributed by atoms with Crippen molar-refractivity contribution in [2.45, 2.75) is 0 Å². The van der Waals surface area contributed by atoms with Gasteiger partial charge in [-0.3, -0.25) is 0 Å². The maximum atomic E-state index is 5.49. The number of rotatable bonds is 3. The molecule has 0 aromatic carbocycles. The summed E-state index contributed by atoms with van der Waals surface area (Å²) in [6.45, 7) is 0. The van der Waals surface area contributed by atoms with E-state index in [9.17, 15) is 0 Å². The molecule has 1 rings (SSSR count). The van der Waals surface area contributed by atoms with Gasteiger partial charge >= 0.3 is 0 Å². The van der Waals surface area contributed by atoms with Crippen LogP contribution in [0.2, 0.25) is 0 Å². The Balaban J connectivity index is 2.79. The average Bonchev–Trinajstić information content (AvgIpc) is 2.15. The predicted molar refractivity (Wildman–Crippen MR) is 50.5 cm³/mol. The molecule has 0 saturated heterocycles. The number of halogens is 1. The molecule has 0 saturated carbocycles. The molecular formula is C9H10ClNO. The summed E-state index contributed by atoms with van der Waals surface area (Å²) in [5, 5.41) is 0. The first-order valence-electron chi connectivity index (χ1n) is 3.59. The minimum absolute atomic E-state index is 0.518. The summed E-state index contributed by atoms with van der Waals surface area (Å²) >= 11 is 5.49. The summed E-state index contributed by atoms with van der Waals surface area (Å²) in [5.74, 6) is 1.14. The quantitative estimate of drug-likeness (QED) is 0.672. The number of aromatic nitrogens is 1. The van der Waals surface area contributed by atoms with E-state index < -0.39 is 0 Å². The molecule has 3 heteroatoms. The number of ether oxygens (including phenoxy) is 1. The largest absolute Gasteiger partial charge is 0.481 e. The molecule has 1 aromatic rings. The van der Waals surface area contributed by atoms with Crippen molar-refractivity contribution in [3.05, 3.63) is 30.0 Å². The van der Waals surface area contributed by atoms with Crippen LogP contribution in [0.3, 0.4) is 0 Å². The number of alkyl halides is 1. The molecule has 0 bridgehead atoms. The van der Waals surface area contributed by atoms with Crippen molar-refractivity contribution in [1.82, 2.24) is 4.98 Å². The lowest BCUT2D eigenvalue weighted by atomic mass is 10.2. The highest BCUT2D eigenvalue weighted by atomic mass is 35.5. The standard InChI is InChI=1S/C9H10ClNO/c1-12-9-7-8(3-2-5-10)4-6-11-9/h2-4,6-7H,5H2,1H3. The summed E-state index contributed by atoms with van der Waals surface area (Å²) in [5.41, 5.74) is 1.04. The van der Waals surface area contributed by atoms with Crippen molar-refractivity contribution < 1.29 is 4.74 Å². The molecular weight excluding hydrogens is 174 g/mol. The Labute approximate surface area is 76.8 Å². The molecule has 0 N–H and O–H groups in total. The third-order valence-corrected chi connectivity index (χ3v) is 1.55. The van der Waals surface area contributed by atoms with Crippen LogP contribution in [0.4, 0.5) is 0 Å². The Morgan fingerprint density at radius 2 is 2.50 bits per heavy atom. The molecule has 1 heterocycles. The van der Waals surface area contributed by atoms with Crippen molar-refractivity contribution >= 4 is 17.7 Å². The molecule has 0 amide bonds. The van der Waals surface area contributed by atoms with E-state index in [2.05, 4.69) is 4.98 Å². The lowest BCUT2D eigenvalue weighted by molar-refractivity contribution is 0.398. The van der Waals surface area contributed by atoms with Gasteiger partial charge < -0.3 is 4.74 Å². The van der Waals surface area contributed by atoms with Crippen molar-refractivity contribution in [2.75, 3.05) is 13.0 Å². The minimum atomic E-state index is 0.518. The van der Waals surface area contributed by atoms with Crippen LogP contribution in [0.25, 0.3) is 6.08 Å². The van der Waals surface area contributed by atoms with E-state index in [0.717, 1.165) is 5.56 Å². The van der Waals surface area contributed by atoms with Crippen molar-refractivity contribution in [3.63, 3.8) is 0 Å². The maximum Gasteiger partial charge on any atom is 0.213 e. The fraction of sp³-hybridized carbons (Fsp3) is 0.222. The maximum absolute atomic E-state index is 5.49. The van der Waals surface area contributed by atoms with Gasteiger partial charge in [0.25, 0.3) is 0 Å². The lowest BCUT2D eigenvalue weighted by Crippen LogP contribution is -1.86. The first-order valence-corrected chi connectivity index (χ1v) is 4.13. The molecule has 12 heavy (non-hydrogen) atoms. The molecule has 0 atom stereocenters. The zero-order valence-electron chi connectivity index (χ0n) is 6.83. The summed E-state index contributed by atoms with van der Waals surface area (Å²) in [7, 11) is 1.59. The second-order valence-electron chi connectivity index (χ2n) is 2.19. The highest BCUT2D eigenvalue weighted by Crippen LogP contribution is 2.09. The Morgan fingerprint density at radius 1 is 1.67 bits per heavy atom. The fourth-order valence-corrected chi connectivity index (χ4v) is 0.910. The fourth-order valence-electron chi connectivity index (χ4n) is 0.821. The van der Waals surface area contributed by atoms with E-state index in [-0.39, 0.29) is 0 Å². The Morgan fingerprint density at radius 3 is 3.17 bits per heavy atom. The summed E-state index contributed by atoms with van der Waals surface area (Å²) in [6, 6.07) is 3.74. The highest BCUT2D eigenvalue weighted by Gasteiger charge is 1.91. The molecule has 64 valence electrons. The van der Waals surface area contributed by atoms with E-state index >= 15 is 0 Å². The van der Waals surface area contributed by atoms with Crippen molar-refractivity contribution in [2.24, 2.45) is 0 Å². The van der Waals surface area contributed by atoms with Gasteiger partial charge in [-0.2, -0.15) is 0 Å². The van der Waals surface area contributed by atoms with Crippen LogP contribution in [-0.4, -0.2) is 18.0 Å². The molecule has 0 aliphatic heterocycles. The second kappa shape index (κ2) is 4.78. The number of allylic oxidation sites excluding steroid dienone is 1. The van der Waals surface area contributed by atoms with Gasteiger partial charge in [0.2, 0.25) is 5.88 Å². The van der Waals surface area contributed by atoms with Crippen LogP contribution in [0.1, 0.15) is 5.56 Å². The van der Waals surface area contributed by atoms with Crippen molar-refractivity contribution in [3.8, 4) is 5.88 Å². The van der Waals surface area contributed by atoms with Gasteiger partial charge in [-0.1, -0.05) is 12.2 Å². The van der Waals surface area contributed by atoms with Crippen LogP contribution in [0, 0.1) is 0 Å². The average molecular weight is 184 g/mol. The first-order chi connectivity index (χ1) is 5.86. The van der Waals surface area contributed by atoms with Crippen LogP contribution >= 0.6 is 11.6 Å². The first kappa shape index (κ1) is 9.07. The van der Waals surface area contributed by atoms with E-state index in [0.29, 0.717) is 11.8 Å². The number of hydrogen-bond acceptors (Lipinski definition) is 2. The third kappa shape index (κ3) is 2.55. The zero-order valence-corrected chi connectivity index (χ0v) is 7.58. The molecule has 0 radical (unpaired) electrons. The molecule has 0 aliphatic carbocycles. The van der Waals surface area contributed by atoms with Crippen LogP contribution in [0.15, 0.2) is 24.4 Å². The van der Waals surface area contributed by atoms with Crippen molar-refractivity contribution in [1.29, 1.82) is 0 Å². The van der Waals surface area contributed by atoms with E-state index in [1.807, 2.05) is 24.3 Å². The van der Waals surface area contributed by atoms with Gasteiger partial charge in [0.05, 0.1) is 7.11 Å². The van der Waals surface area contributed by atoms with Crippen LogP contribution in [0.5, 0.6) is 5.88 Å². The summed E-state index contributed by atoms with van der Waals surface area (Å²) in [6.07, 6.45) is 5.50. The topological polar surface area (TPSA) is 22.1 Å². The zero-order chi connectivity index (χ0) is 8.81. The number of pyridine rings is 1. The van der Waals surface area contributed by atoms with Gasteiger partial charge in [-0.05, 0) is 11.6 Å². The summed E-state index contributed by atoms with van der Waals surface area (Å²) < 4.78 is 4.96. The van der Waals surface area contributed by atoms with Gasteiger partial charge in [-0.25, -0.2) is 4.98 Å². The number of nitrogens with zero attached hydrogens (tertiary/aromatic N) is 1. The van der Waals surface area contributed by atoms with Gasteiger partial charge in [0, 0.05) is 18.1 Å². The van der Waals surface area contributed by atoms with Gasteiger partial charge in [0.1, 0.15) is 0 Å². The molecule has 1 aromatic heterocycles. The van der Waals surface area contributed by atoms with Crippen LogP contribution < -0.4 is 4.74 Å². The lowest BCUT2D eigenvalue weighted by Gasteiger charge is -1.97. The second-order valence-corrected chi connectivity index (χ2v) is 2.50. The third-order valence-electron chi connectivity index (χ3n) is 1.37. The molecule has 0 unspecified atom stereocenters. The monoisotopic (exact) mass is 183 g/mol. The van der Waals surface area contributed by atoms with E-state index in [1.54, 1.807) is 13.3 Å². The predicted octanol–water partition coefficient (Wildman–Crippen LogP) is 2.34. The minimum Gasteiger partial charge on any atom is -0.481 e. The number of methoxy groups -OCH3 is 1. The van der Waals surface area contributed by atoms with Gasteiger partial charge in [-0.15, -0.1) is 11.6 Å². The van der Waals surface area contributed by atoms with Gasteiger partial charge in [0.15, 0.2) is 0 Å². The molecule has 0 fully saturated rings. The Bertz CT molecular complexity index is 273. The Kier molecular flexibility index (Phi) is 3.61. The Hall–Kier alpha value is -1.02. The van der Waals surface area contributed by atoms with Crippen LogP contribution in [-0.2, 0) is 0 Å². The summed E-state index contributed by atoms with van der Waals surface area (Å²) in [4.78, 5) is 3.98. The smallest absolute Gasteiger partial charge is 0.213 e. The normalized spacial score (nSPS) is 10.5. The number of hydrogen-bond donors (Lipinski definition) is 0. The van der Waals surface area contributed by atoms with E-state index in [1.165, 1.54) is 0 Å². The highest BCUT2D eigenvalue weighted by molar-refractivity contribution is 6.19. The SMILES string of the molecule is COc1cc(C=CCCl)ccn1. The molecule has 0 spiro atoms.